The first-order chi connectivity index (χ1) is 5.36. The molecule has 1 aliphatic rings. The van der Waals surface area contributed by atoms with Gasteiger partial charge in [-0.3, -0.25) is 0 Å². The highest BCUT2D eigenvalue weighted by Crippen LogP contribution is 2.23. The van der Waals surface area contributed by atoms with Gasteiger partial charge in [-0.2, -0.15) is 0 Å². The largest absolute Gasteiger partial charge is 0.241 e. The average molecular weight is 211 g/mol. The second-order valence-electron chi connectivity index (χ2n) is 2.49. The van der Waals surface area contributed by atoms with E-state index in [9.17, 15) is 0 Å². The maximum absolute atomic E-state index is 4.18. The van der Waals surface area contributed by atoms with Crippen LogP contribution in [0.3, 0.4) is 0 Å². The zero-order valence-electron chi connectivity index (χ0n) is 5.92. The molecule has 0 unspecified atom stereocenters. The van der Waals surface area contributed by atoms with Crippen LogP contribution in [-0.2, 0) is 6.42 Å². The number of aliphatic imine (C=N–C) groups is 1. The topological polar surface area (TPSA) is 25.2 Å². The fraction of sp³-hybridized carbons (Fsp3) is 0.250. The van der Waals surface area contributed by atoms with Gasteiger partial charge in [0.15, 0.2) is 5.82 Å². The molecule has 2 rings (SSSR count). The zero-order valence-corrected chi connectivity index (χ0v) is 7.50. The van der Waals surface area contributed by atoms with Crippen LogP contribution in [0.1, 0.15) is 12.0 Å². The lowest BCUT2D eigenvalue weighted by Gasteiger charge is -2.07. The van der Waals surface area contributed by atoms with Crippen molar-refractivity contribution in [3.63, 3.8) is 0 Å². The summed E-state index contributed by atoms with van der Waals surface area (Å²) in [7, 11) is 0. The number of nitrogens with zero attached hydrogens (tertiary/aromatic N) is 2. The van der Waals surface area contributed by atoms with Crippen LogP contribution >= 0.6 is 15.9 Å². The van der Waals surface area contributed by atoms with E-state index in [1.807, 2.05) is 6.21 Å². The Bertz CT molecular complexity index is 307. The molecule has 1 aromatic heterocycles. The van der Waals surface area contributed by atoms with E-state index in [2.05, 4.69) is 32.0 Å². The van der Waals surface area contributed by atoms with Crippen LogP contribution in [0, 0.1) is 0 Å². The van der Waals surface area contributed by atoms with Gasteiger partial charge in [-0.15, -0.1) is 0 Å². The Hall–Kier alpha value is -0.700. The molecule has 0 radical (unpaired) electrons. The molecule has 0 aromatic carbocycles. The van der Waals surface area contributed by atoms with E-state index in [0.717, 1.165) is 23.1 Å². The number of halogens is 1. The molecule has 2 nitrogen and oxygen atoms in total. The van der Waals surface area contributed by atoms with Gasteiger partial charge in [-0.05, 0) is 40.4 Å². The Balaban J connectivity index is 2.53. The minimum atomic E-state index is 0.874. The molecule has 0 fully saturated rings. The van der Waals surface area contributed by atoms with Crippen molar-refractivity contribution in [3.05, 3.63) is 22.3 Å². The number of rotatable bonds is 0. The predicted octanol–water partition coefficient (Wildman–Crippen LogP) is 2.49. The first kappa shape index (κ1) is 6.98. The summed E-state index contributed by atoms with van der Waals surface area (Å²) in [4.78, 5) is 8.35. The van der Waals surface area contributed by atoms with Gasteiger partial charge in [-0.1, -0.05) is 0 Å². The number of hydrogen-bond donors (Lipinski definition) is 0. The molecule has 0 atom stereocenters. The molecule has 0 saturated heterocycles. The third-order valence-electron chi connectivity index (χ3n) is 1.67. The minimum Gasteiger partial charge on any atom is -0.241 e. The van der Waals surface area contributed by atoms with E-state index in [1.54, 1.807) is 6.20 Å². The predicted molar refractivity (Wildman–Crippen MR) is 48.4 cm³/mol. The third-order valence-corrected chi connectivity index (χ3v) is 2.10. The Morgan fingerprint density at radius 2 is 2.36 bits per heavy atom. The zero-order chi connectivity index (χ0) is 7.68. The van der Waals surface area contributed by atoms with Crippen molar-refractivity contribution in [1.29, 1.82) is 0 Å². The van der Waals surface area contributed by atoms with Gasteiger partial charge in [0.05, 0.1) is 0 Å². The van der Waals surface area contributed by atoms with Crippen molar-refractivity contribution in [2.75, 3.05) is 0 Å². The number of pyridine rings is 1. The molecule has 2 heterocycles. The maximum Gasteiger partial charge on any atom is 0.154 e. The molecule has 0 saturated carbocycles. The highest BCUT2D eigenvalue weighted by Gasteiger charge is 2.05. The van der Waals surface area contributed by atoms with Crippen LogP contribution in [0.2, 0.25) is 0 Å². The quantitative estimate of drug-likeness (QED) is 0.647. The lowest BCUT2D eigenvalue weighted by molar-refractivity contribution is 0.998. The van der Waals surface area contributed by atoms with Gasteiger partial charge in [0.25, 0.3) is 0 Å². The van der Waals surface area contributed by atoms with Crippen molar-refractivity contribution >= 4 is 28.0 Å². The van der Waals surface area contributed by atoms with E-state index >= 15 is 0 Å². The highest BCUT2D eigenvalue weighted by molar-refractivity contribution is 9.10. The Kier molecular flexibility index (Phi) is 1.74. The highest BCUT2D eigenvalue weighted by atomic mass is 79.9. The van der Waals surface area contributed by atoms with E-state index < -0.39 is 0 Å². The number of aromatic nitrogens is 1. The molecular formula is C8H7BrN2. The van der Waals surface area contributed by atoms with Crippen LogP contribution in [0.15, 0.2) is 21.7 Å². The molecule has 1 aromatic rings. The van der Waals surface area contributed by atoms with Crippen molar-refractivity contribution in [1.82, 2.24) is 4.98 Å². The summed E-state index contributed by atoms with van der Waals surface area (Å²) in [6, 6.07) is 2.08. The maximum atomic E-state index is 4.18. The summed E-state index contributed by atoms with van der Waals surface area (Å²) < 4.78 is 1.04. The lowest BCUT2D eigenvalue weighted by Crippen LogP contribution is -1.95. The molecule has 0 amide bonds. The second kappa shape index (κ2) is 2.74. The molecular weight excluding hydrogens is 204 g/mol. The standard InChI is InChI=1S/C8H7BrN2/c9-7-4-6-2-1-3-10-8(6)11-5-7/h3-5H,1-2H2. The third kappa shape index (κ3) is 1.33. The van der Waals surface area contributed by atoms with Crippen LogP contribution in [-0.4, -0.2) is 11.2 Å². The van der Waals surface area contributed by atoms with Gasteiger partial charge in [0, 0.05) is 16.9 Å². The summed E-state index contributed by atoms with van der Waals surface area (Å²) in [5.74, 6) is 0.874. The fourth-order valence-electron chi connectivity index (χ4n) is 1.15. The SMILES string of the molecule is Brc1cnc2c(c1)CCC=N2. The van der Waals surface area contributed by atoms with Gasteiger partial charge < -0.3 is 0 Å². The Labute approximate surface area is 73.5 Å². The summed E-state index contributed by atoms with van der Waals surface area (Å²) in [5, 5.41) is 0. The lowest BCUT2D eigenvalue weighted by atomic mass is 10.1. The van der Waals surface area contributed by atoms with Crippen LogP contribution in [0.25, 0.3) is 0 Å². The number of hydrogen-bond acceptors (Lipinski definition) is 2. The Morgan fingerprint density at radius 1 is 1.45 bits per heavy atom. The van der Waals surface area contributed by atoms with Crippen molar-refractivity contribution in [3.8, 4) is 0 Å². The van der Waals surface area contributed by atoms with Crippen molar-refractivity contribution < 1.29 is 0 Å². The molecule has 0 spiro atoms. The first-order valence-corrected chi connectivity index (χ1v) is 4.32. The number of fused-ring (bicyclic) bond motifs is 1. The molecule has 0 N–H and O–H groups in total. The fourth-order valence-corrected chi connectivity index (χ4v) is 1.52. The van der Waals surface area contributed by atoms with Gasteiger partial charge in [-0.25, -0.2) is 9.98 Å². The molecule has 3 heteroatoms. The van der Waals surface area contributed by atoms with Crippen LogP contribution in [0.4, 0.5) is 5.82 Å². The van der Waals surface area contributed by atoms with Gasteiger partial charge in [0.2, 0.25) is 0 Å². The average Bonchev–Trinajstić information content (AvgIpc) is 2.04. The second-order valence-corrected chi connectivity index (χ2v) is 3.40. The van der Waals surface area contributed by atoms with E-state index in [-0.39, 0.29) is 0 Å². The van der Waals surface area contributed by atoms with E-state index in [1.165, 1.54) is 5.56 Å². The summed E-state index contributed by atoms with van der Waals surface area (Å²) in [6.45, 7) is 0. The molecule has 56 valence electrons. The smallest absolute Gasteiger partial charge is 0.154 e. The monoisotopic (exact) mass is 210 g/mol. The van der Waals surface area contributed by atoms with Gasteiger partial charge >= 0.3 is 0 Å². The van der Waals surface area contributed by atoms with Crippen LogP contribution < -0.4 is 0 Å². The molecule has 11 heavy (non-hydrogen) atoms. The van der Waals surface area contributed by atoms with E-state index in [4.69, 9.17) is 0 Å². The van der Waals surface area contributed by atoms with Gasteiger partial charge in [0.1, 0.15) is 0 Å². The van der Waals surface area contributed by atoms with Crippen molar-refractivity contribution in [2.24, 2.45) is 4.99 Å². The van der Waals surface area contributed by atoms with E-state index in [0.29, 0.717) is 0 Å². The minimum absolute atomic E-state index is 0.874. The number of aryl methyl sites for hydroxylation is 1. The Morgan fingerprint density at radius 3 is 3.27 bits per heavy atom. The summed E-state index contributed by atoms with van der Waals surface area (Å²) in [5.41, 5.74) is 1.24. The normalized spacial score (nSPS) is 14.6. The van der Waals surface area contributed by atoms with Crippen LogP contribution in [0.5, 0.6) is 0 Å². The summed E-state index contributed by atoms with van der Waals surface area (Å²) >= 11 is 3.38. The molecule has 1 aliphatic heterocycles. The summed E-state index contributed by atoms with van der Waals surface area (Å²) in [6.07, 6.45) is 5.79. The first-order valence-electron chi connectivity index (χ1n) is 3.53. The van der Waals surface area contributed by atoms with Crippen molar-refractivity contribution in [2.45, 2.75) is 12.8 Å². The molecule has 0 aliphatic carbocycles. The molecule has 0 bridgehead atoms.